The Morgan fingerprint density at radius 3 is 2.61 bits per heavy atom. The lowest BCUT2D eigenvalue weighted by atomic mass is 10.0. The molecule has 6 heteroatoms. The van der Waals surface area contributed by atoms with E-state index in [1.807, 2.05) is 0 Å². The molecule has 0 radical (unpaired) electrons. The Bertz CT molecular complexity index is 450. The number of hydrogen-bond acceptors (Lipinski definition) is 3. The van der Waals surface area contributed by atoms with Gasteiger partial charge in [0.25, 0.3) is 5.91 Å². The number of carbonyl (C=O) groups is 2. The SMILES string of the molecule is CC(=O)NC1CCN(C(=O)c2ccoc2Cl)CC1. The summed E-state index contributed by atoms with van der Waals surface area (Å²) in [7, 11) is 0. The molecule has 1 aromatic rings. The predicted octanol–water partition coefficient (Wildman–Crippen LogP) is 1.67. The highest BCUT2D eigenvalue weighted by Gasteiger charge is 2.25. The van der Waals surface area contributed by atoms with Gasteiger partial charge in [0.15, 0.2) is 0 Å². The molecule has 1 N–H and O–H groups in total. The van der Waals surface area contributed by atoms with Crippen LogP contribution in [0.25, 0.3) is 0 Å². The highest BCUT2D eigenvalue weighted by molar-refractivity contribution is 6.32. The molecule has 1 aliphatic heterocycles. The van der Waals surface area contributed by atoms with Gasteiger partial charge in [0.05, 0.1) is 11.8 Å². The highest BCUT2D eigenvalue weighted by atomic mass is 35.5. The van der Waals surface area contributed by atoms with Crippen LogP contribution in [0.15, 0.2) is 16.7 Å². The van der Waals surface area contributed by atoms with E-state index in [-0.39, 0.29) is 23.1 Å². The molecule has 2 heterocycles. The number of amides is 2. The average molecular weight is 271 g/mol. The Morgan fingerprint density at radius 1 is 1.44 bits per heavy atom. The molecule has 0 atom stereocenters. The molecule has 0 bridgehead atoms. The first-order valence-electron chi connectivity index (χ1n) is 5.87. The molecule has 1 aromatic heterocycles. The Hall–Kier alpha value is -1.49. The third-order valence-electron chi connectivity index (χ3n) is 3.04. The van der Waals surface area contributed by atoms with Crippen molar-refractivity contribution in [1.29, 1.82) is 0 Å². The van der Waals surface area contributed by atoms with E-state index in [1.54, 1.807) is 11.0 Å². The van der Waals surface area contributed by atoms with Gasteiger partial charge in [0.1, 0.15) is 0 Å². The summed E-state index contributed by atoms with van der Waals surface area (Å²) in [5, 5.41) is 2.99. The van der Waals surface area contributed by atoms with Crippen molar-refractivity contribution in [3.05, 3.63) is 23.1 Å². The van der Waals surface area contributed by atoms with Crippen LogP contribution in [0.1, 0.15) is 30.1 Å². The van der Waals surface area contributed by atoms with E-state index in [0.29, 0.717) is 18.7 Å². The van der Waals surface area contributed by atoms with Crippen LogP contribution in [0.4, 0.5) is 0 Å². The molecule has 1 saturated heterocycles. The van der Waals surface area contributed by atoms with Gasteiger partial charge in [-0.25, -0.2) is 0 Å². The molecule has 0 saturated carbocycles. The highest BCUT2D eigenvalue weighted by Crippen LogP contribution is 2.21. The van der Waals surface area contributed by atoms with E-state index in [2.05, 4.69) is 5.32 Å². The summed E-state index contributed by atoms with van der Waals surface area (Å²) in [5.41, 5.74) is 0.398. The molecule has 5 nitrogen and oxygen atoms in total. The van der Waals surface area contributed by atoms with Gasteiger partial charge in [-0.3, -0.25) is 9.59 Å². The summed E-state index contributed by atoms with van der Waals surface area (Å²) in [6.07, 6.45) is 2.93. The Balaban J connectivity index is 1.92. The molecule has 1 fully saturated rings. The fraction of sp³-hybridized carbons (Fsp3) is 0.500. The first-order chi connectivity index (χ1) is 8.58. The van der Waals surface area contributed by atoms with Crippen LogP contribution in [0.3, 0.4) is 0 Å². The largest absolute Gasteiger partial charge is 0.452 e. The molecule has 0 spiro atoms. The van der Waals surface area contributed by atoms with Crippen molar-refractivity contribution < 1.29 is 14.0 Å². The van der Waals surface area contributed by atoms with Crippen molar-refractivity contribution in [2.75, 3.05) is 13.1 Å². The van der Waals surface area contributed by atoms with Crippen LogP contribution in [-0.4, -0.2) is 35.8 Å². The van der Waals surface area contributed by atoms with E-state index in [1.165, 1.54) is 13.2 Å². The molecule has 1 aliphatic rings. The third kappa shape index (κ3) is 2.85. The standard InChI is InChI=1S/C12H15ClN2O3/c1-8(16)14-9-2-5-15(6-3-9)12(17)10-4-7-18-11(10)13/h4,7,9H,2-3,5-6H2,1H3,(H,14,16). The Morgan fingerprint density at radius 2 is 2.11 bits per heavy atom. The van der Waals surface area contributed by atoms with Crippen LogP contribution in [-0.2, 0) is 4.79 Å². The van der Waals surface area contributed by atoms with Gasteiger partial charge in [-0.1, -0.05) is 0 Å². The van der Waals surface area contributed by atoms with Crippen LogP contribution >= 0.6 is 11.6 Å². The van der Waals surface area contributed by atoms with Crippen molar-refractivity contribution in [1.82, 2.24) is 10.2 Å². The minimum atomic E-state index is -0.116. The van der Waals surface area contributed by atoms with Gasteiger partial charge in [-0.2, -0.15) is 0 Å². The van der Waals surface area contributed by atoms with Crippen molar-refractivity contribution in [2.24, 2.45) is 0 Å². The summed E-state index contributed by atoms with van der Waals surface area (Å²) in [4.78, 5) is 24.8. The third-order valence-corrected chi connectivity index (χ3v) is 3.33. The fourth-order valence-electron chi connectivity index (χ4n) is 2.13. The molecular weight excluding hydrogens is 256 g/mol. The molecular formula is C12H15ClN2O3. The first-order valence-corrected chi connectivity index (χ1v) is 6.25. The Labute approximate surface area is 110 Å². The minimum Gasteiger partial charge on any atom is -0.452 e. The maximum atomic E-state index is 12.1. The molecule has 2 amide bonds. The van der Waals surface area contributed by atoms with Gasteiger partial charge in [0, 0.05) is 26.1 Å². The minimum absolute atomic E-state index is 0.0299. The zero-order valence-corrected chi connectivity index (χ0v) is 10.9. The molecule has 0 unspecified atom stereocenters. The topological polar surface area (TPSA) is 62.6 Å². The zero-order chi connectivity index (χ0) is 13.1. The van der Waals surface area contributed by atoms with E-state index in [4.69, 9.17) is 16.0 Å². The molecule has 0 aliphatic carbocycles. The number of furan rings is 1. The number of hydrogen-bond donors (Lipinski definition) is 1. The number of nitrogens with one attached hydrogen (secondary N) is 1. The van der Waals surface area contributed by atoms with Crippen molar-refractivity contribution in [3.63, 3.8) is 0 Å². The summed E-state index contributed by atoms with van der Waals surface area (Å²) in [5.74, 6) is -0.146. The van der Waals surface area contributed by atoms with Crippen LogP contribution in [0.2, 0.25) is 5.22 Å². The number of likely N-dealkylation sites (tertiary alicyclic amines) is 1. The van der Waals surface area contributed by atoms with E-state index in [0.717, 1.165) is 12.8 Å². The molecule has 2 rings (SSSR count). The molecule has 98 valence electrons. The summed E-state index contributed by atoms with van der Waals surface area (Å²) in [6.45, 7) is 2.74. The monoisotopic (exact) mass is 270 g/mol. The fourth-order valence-corrected chi connectivity index (χ4v) is 2.33. The zero-order valence-electron chi connectivity index (χ0n) is 10.1. The van der Waals surface area contributed by atoms with Crippen LogP contribution in [0.5, 0.6) is 0 Å². The summed E-state index contributed by atoms with van der Waals surface area (Å²) in [6, 6.07) is 1.73. The maximum absolute atomic E-state index is 12.1. The normalized spacial score (nSPS) is 16.7. The average Bonchev–Trinajstić information content (AvgIpc) is 2.75. The molecule has 0 aromatic carbocycles. The van der Waals surface area contributed by atoms with Gasteiger partial charge in [-0.15, -0.1) is 0 Å². The van der Waals surface area contributed by atoms with Crippen LogP contribution in [0, 0.1) is 0 Å². The number of rotatable bonds is 2. The van der Waals surface area contributed by atoms with E-state index < -0.39 is 0 Å². The van der Waals surface area contributed by atoms with Gasteiger partial charge in [0.2, 0.25) is 11.1 Å². The quantitative estimate of drug-likeness (QED) is 0.889. The molecule has 18 heavy (non-hydrogen) atoms. The van der Waals surface area contributed by atoms with Gasteiger partial charge in [-0.05, 0) is 30.5 Å². The van der Waals surface area contributed by atoms with E-state index >= 15 is 0 Å². The smallest absolute Gasteiger partial charge is 0.258 e. The van der Waals surface area contributed by atoms with Crippen molar-refractivity contribution in [2.45, 2.75) is 25.8 Å². The predicted molar refractivity (Wildman–Crippen MR) is 66.5 cm³/mol. The van der Waals surface area contributed by atoms with Crippen LogP contribution < -0.4 is 5.32 Å². The maximum Gasteiger partial charge on any atom is 0.258 e. The summed E-state index contributed by atoms with van der Waals surface area (Å²) < 4.78 is 4.91. The van der Waals surface area contributed by atoms with Crippen molar-refractivity contribution >= 4 is 23.4 Å². The van der Waals surface area contributed by atoms with Gasteiger partial charge >= 0.3 is 0 Å². The Kier molecular flexibility index (Phi) is 3.91. The second-order valence-corrected chi connectivity index (χ2v) is 4.72. The van der Waals surface area contributed by atoms with E-state index in [9.17, 15) is 9.59 Å². The second-order valence-electron chi connectivity index (χ2n) is 4.37. The number of nitrogens with zero attached hydrogens (tertiary/aromatic N) is 1. The van der Waals surface area contributed by atoms with Crippen molar-refractivity contribution in [3.8, 4) is 0 Å². The number of carbonyl (C=O) groups excluding carboxylic acids is 2. The summed E-state index contributed by atoms with van der Waals surface area (Å²) >= 11 is 5.78. The van der Waals surface area contributed by atoms with Gasteiger partial charge < -0.3 is 14.6 Å². The lowest BCUT2D eigenvalue weighted by molar-refractivity contribution is -0.119. The lowest BCUT2D eigenvalue weighted by Gasteiger charge is -2.32. The number of piperidine rings is 1. The second kappa shape index (κ2) is 5.44. The first kappa shape index (κ1) is 13.0. The number of halogens is 1. The lowest BCUT2D eigenvalue weighted by Crippen LogP contribution is -2.46.